The Morgan fingerprint density at radius 3 is 2.48 bits per heavy atom. The van der Waals surface area contributed by atoms with Crippen LogP contribution in [0.2, 0.25) is 0 Å². The fourth-order valence-electron chi connectivity index (χ4n) is 3.64. The zero-order chi connectivity index (χ0) is 15.6. The van der Waals surface area contributed by atoms with Crippen molar-refractivity contribution in [3.63, 3.8) is 0 Å². The molecule has 1 heterocycles. The van der Waals surface area contributed by atoms with Crippen molar-refractivity contribution < 1.29 is 4.74 Å². The number of pyridine rings is 1. The second kappa shape index (κ2) is 6.35. The molecule has 0 bridgehead atoms. The lowest BCUT2D eigenvalue weighted by atomic mass is 9.71. The van der Waals surface area contributed by atoms with Gasteiger partial charge < -0.3 is 10.5 Å². The molecule has 0 aliphatic heterocycles. The van der Waals surface area contributed by atoms with Gasteiger partial charge in [-0.25, -0.2) is 0 Å². The maximum atomic E-state index is 6.67. The molecule has 1 fully saturated rings. The standard InChI is InChI=1S/C18H30N2O/c1-12(2)15-6-8-18(19,9-7-15)10-16-14(4)17(21-5)13(3)11-20-16/h11-12,15H,6-10,19H2,1-5H3. The average Bonchev–Trinajstić information content (AvgIpc) is 2.43. The van der Waals surface area contributed by atoms with Crippen LogP contribution in [0, 0.1) is 25.7 Å². The Morgan fingerprint density at radius 2 is 1.95 bits per heavy atom. The third-order valence-corrected chi connectivity index (χ3v) is 5.24. The third-order valence-electron chi connectivity index (χ3n) is 5.24. The SMILES string of the molecule is COc1c(C)cnc(CC2(N)CCC(C(C)C)CC2)c1C. The summed E-state index contributed by atoms with van der Waals surface area (Å²) in [5.41, 5.74) is 9.91. The largest absolute Gasteiger partial charge is 0.496 e. The maximum Gasteiger partial charge on any atom is 0.128 e. The highest BCUT2D eigenvalue weighted by molar-refractivity contribution is 5.41. The van der Waals surface area contributed by atoms with Gasteiger partial charge in [0.15, 0.2) is 0 Å². The van der Waals surface area contributed by atoms with E-state index in [2.05, 4.69) is 25.8 Å². The minimum absolute atomic E-state index is 0.0938. The van der Waals surface area contributed by atoms with Crippen LogP contribution >= 0.6 is 0 Å². The molecule has 1 saturated carbocycles. The van der Waals surface area contributed by atoms with E-state index in [9.17, 15) is 0 Å². The molecule has 1 aromatic rings. The molecule has 1 aliphatic rings. The predicted octanol–water partition coefficient (Wildman–Crippen LogP) is 3.79. The molecule has 0 amide bonds. The van der Waals surface area contributed by atoms with Crippen LogP contribution in [0.15, 0.2) is 6.20 Å². The second-order valence-corrected chi connectivity index (χ2v) is 7.17. The Kier molecular flexibility index (Phi) is 4.92. The number of aromatic nitrogens is 1. The molecular weight excluding hydrogens is 260 g/mol. The normalized spacial score (nSPS) is 26.1. The van der Waals surface area contributed by atoms with E-state index in [4.69, 9.17) is 10.5 Å². The number of nitrogens with zero attached hydrogens (tertiary/aromatic N) is 1. The first-order valence-corrected chi connectivity index (χ1v) is 8.14. The highest BCUT2D eigenvalue weighted by Gasteiger charge is 2.33. The molecule has 0 atom stereocenters. The van der Waals surface area contributed by atoms with Gasteiger partial charge in [0.2, 0.25) is 0 Å². The van der Waals surface area contributed by atoms with Crippen molar-refractivity contribution in [2.75, 3.05) is 7.11 Å². The first-order chi connectivity index (χ1) is 9.86. The number of aryl methyl sites for hydroxylation is 1. The van der Waals surface area contributed by atoms with Crippen LogP contribution in [-0.4, -0.2) is 17.6 Å². The quantitative estimate of drug-likeness (QED) is 0.917. The minimum atomic E-state index is -0.0938. The van der Waals surface area contributed by atoms with E-state index in [0.717, 1.165) is 53.7 Å². The Hall–Kier alpha value is -1.09. The lowest BCUT2D eigenvalue weighted by Crippen LogP contribution is -2.46. The van der Waals surface area contributed by atoms with Crippen molar-refractivity contribution in [2.45, 2.75) is 65.3 Å². The summed E-state index contributed by atoms with van der Waals surface area (Å²) in [6, 6.07) is 0. The minimum Gasteiger partial charge on any atom is -0.496 e. The number of methoxy groups -OCH3 is 1. The summed E-state index contributed by atoms with van der Waals surface area (Å²) in [6.45, 7) is 8.78. The fraction of sp³-hybridized carbons (Fsp3) is 0.722. The van der Waals surface area contributed by atoms with Crippen LogP contribution in [-0.2, 0) is 6.42 Å². The van der Waals surface area contributed by atoms with Crippen molar-refractivity contribution in [3.05, 3.63) is 23.0 Å². The number of hydrogen-bond acceptors (Lipinski definition) is 3. The van der Waals surface area contributed by atoms with Gasteiger partial charge in [-0.3, -0.25) is 4.98 Å². The number of nitrogens with two attached hydrogens (primary N) is 1. The Labute approximate surface area is 129 Å². The number of ether oxygens (including phenoxy) is 1. The highest BCUT2D eigenvalue weighted by atomic mass is 16.5. The van der Waals surface area contributed by atoms with Crippen molar-refractivity contribution in [1.82, 2.24) is 4.98 Å². The number of hydrogen-bond donors (Lipinski definition) is 1. The molecule has 3 heteroatoms. The van der Waals surface area contributed by atoms with E-state index in [-0.39, 0.29) is 5.54 Å². The van der Waals surface area contributed by atoms with E-state index in [1.807, 2.05) is 13.1 Å². The second-order valence-electron chi connectivity index (χ2n) is 7.17. The van der Waals surface area contributed by atoms with E-state index in [1.165, 1.54) is 12.8 Å². The smallest absolute Gasteiger partial charge is 0.128 e. The van der Waals surface area contributed by atoms with Crippen molar-refractivity contribution >= 4 is 0 Å². The van der Waals surface area contributed by atoms with Gasteiger partial charge in [-0.1, -0.05) is 13.8 Å². The molecule has 2 rings (SSSR count). The molecule has 0 saturated heterocycles. The van der Waals surface area contributed by atoms with Gasteiger partial charge in [0.1, 0.15) is 5.75 Å². The van der Waals surface area contributed by atoms with Gasteiger partial charge >= 0.3 is 0 Å². The Balaban J connectivity index is 2.12. The molecular formula is C18H30N2O. The topological polar surface area (TPSA) is 48.1 Å². The monoisotopic (exact) mass is 290 g/mol. The van der Waals surface area contributed by atoms with Crippen LogP contribution in [0.5, 0.6) is 5.75 Å². The molecule has 1 aromatic heterocycles. The summed E-state index contributed by atoms with van der Waals surface area (Å²) in [5, 5.41) is 0. The summed E-state index contributed by atoms with van der Waals surface area (Å²) >= 11 is 0. The average molecular weight is 290 g/mol. The molecule has 2 N–H and O–H groups in total. The molecule has 0 aromatic carbocycles. The molecule has 0 unspecified atom stereocenters. The fourth-order valence-corrected chi connectivity index (χ4v) is 3.64. The van der Waals surface area contributed by atoms with E-state index < -0.39 is 0 Å². The van der Waals surface area contributed by atoms with Gasteiger partial charge in [0.25, 0.3) is 0 Å². The van der Waals surface area contributed by atoms with Crippen LogP contribution in [0.3, 0.4) is 0 Å². The number of rotatable bonds is 4. The lowest BCUT2D eigenvalue weighted by molar-refractivity contribution is 0.193. The van der Waals surface area contributed by atoms with Crippen LogP contribution in [0.1, 0.15) is 56.4 Å². The lowest BCUT2D eigenvalue weighted by Gasteiger charge is -2.38. The summed E-state index contributed by atoms with van der Waals surface area (Å²) in [4.78, 5) is 4.62. The Morgan fingerprint density at radius 1 is 1.33 bits per heavy atom. The van der Waals surface area contributed by atoms with Gasteiger partial charge in [0, 0.05) is 35.0 Å². The molecule has 21 heavy (non-hydrogen) atoms. The van der Waals surface area contributed by atoms with Crippen LogP contribution in [0.4, 0.5) is 0 Å². The zero-order valence-electron chi connectivity index (χ0n) is 14.2. The van der Waals surface area contributed by atoms with Crippen LogP contribution in [0.25, 0.3) is 0 Å². The summed E-state index contributed by atoms with van der Waals surface area (Å²) in [5.74, 6) is 2.57. The van der Waals surface area contributed by atoms with Gasteiger partial charge in [-0.15, -0.1) is 0 Å². The summed E-state index contributed by atoms with van der Waals surface area (Å²) < 4.78 is 5.51. The maximum absolute atomic E-state index is 6.67. The molecule has 118 valence electrons. The molecule has 1 aliphatic carbocycles. The van der Waals surface area contributed by atoms with E-state index in [1.54, 1.807) is 7.11 Å². The zero-order valence-corrected chi connectivity index (χ0v) is 14.2. The van der Waals surface area contributed by atoms with E-state index in [0.29, 0.717) is 0 Å². The van der Waals surface area contributed by atoms with Crippen molar-refractivity contribution in [1.29, 1.82) is 0 Å². The first kappa shape index (κ1) is 16.3. The predicted molar refractivity (Wildman–Crippen MR) is 87.7 cm³/mol. The third kappa shape index (κ3) is 3.57. The van der Waals surface area contributed by atoms with Crippen molar-refractivity contribution in [3.8, 4) is 5.75 Å². The van der Waals surface area contributed by atoms with Gasteiger partial charge in [-0.05, 0) is 51.4 Å². The summed E-state index contributed by atoms with van der Waals surface area (Å²) in [6.07, 6.45) is 7.47. The van der Waals surface area contributed by atoms with Gasteiger partial charge in [0.05, 0.1) is 7.11 Å². The van der Waals surface area contributed by atoms with Crippen LogP contribution < -0.4 is 10.5 Å². The first-order valence-electron chi connectivity index (χ1n) is 8.14. The van der Waals surface area contributed by atoms with E-state index >= 15 is 0 Å². The Bertz CT molecular complexity index is 488. The highest BCUT2D eigenvalue weighted by Crippen LogP contribution is 2.37. The molecule has 0 radical (unpaired) electrons. The van der Waals surface area contributed by atoms with Crippen molar-refractivity contribution in [2.24, 2.45) is 17.6 Å². The van der Waals surface area contributed by atoms with Gasteiger partial charge in [-0.2, -0.15) is 0 Å². The molecule has 0 spiro atoms. The molecule has 3 nitrogen and oxygen atoms in total. The summed E-state index contributed by atoms with van der Waals surface area (Å²) in [7, 11) is 1.73.